The van der Waals surface area contributed by atoms with Crippen molar-refractivity contribution in [1.29, 1.82) is 0 Å². The van der Waals surface area contributed by atoms with Crippen molar-refractivity contribution in [2.75, 3.05) is 0 Å². The van der Waals surface area contributed by atoms with Crippen LogP contribution < -0.4 is 5.73 Å². The van der Waals surface area contributed by atoms with Gasteiger partial charge >= 0.3 is 0 Å². The van der Waals surface area contributed by atoms with Crippen molar-refractivity contribution in [2.24, 2.45) is 5.73 Å². The second-order valence-electron chi connectivity index (χ2n) is 3.12. The van der Waals surface area contributed by atoms with Crippen LogP contribution in [-0.4, -0.2) is 10.2 Å². The summed E-state index contributed by atoms with van der Waals surface area (Å²) < 4.78 is 12.7. The molecule has 0 saturated heterocycles. The lowest BCUT2D eigenvalue weighted by atomic mass is 10.1. The molecule has 1 aromatic heterocycles. The second-order valence-corrected chi connectivity index (χ2v) is 3.12. The molecule has 0 aliphatic rings. The summed E-state index contributed by atoms with van der Waals surface area (Å²) in [6.45, 7) is 0.372. The van der Waals surface area contributed by atoms with Gasteiger partial charge in [0.1, 0.15) is 5.82 Å². The molecule has 2 rings (SSSR count). The Morgan fingerprint density at radius 1 is 1.00 bits per heavy atom. The Hall–Kier alpha value is -1.81. The average Bonchev–Trinajstić information content (AvgIpc) is 2.30. The first-order valence-corrected chi connectivity index (χ1v) is 4.58. The van der Waals surface area contributed by atoms with Crippen molar-refractivity contribution >= 4 is 0 Å². The SMILES string of the molecule is NCc1ccc(-c2ccc(F)cc2)nn1. The van der Waals surface area contributed by atoms with Gasteiger partial charge in [0.2, 0.25) is 0 Å². The fourth-order valence-electron chi connectivity index (χ4n) is 1.24. The van der Waals surface area contributed by atoms with E-state index in [1.165, 1.54) is 12.1 Å². The summed E-state index contributed by atoms with van der Waals surface area (Å²) in [5.41, 5.74) is 7.70. The molecule has 0 aliphatic carbocycles. The monoisotopic (exact) mass is 203 g/mol. The van der Waals surface area contributed by atoms with Crippen LogP contribution >= 0.6 is 0 Å². The topological polar surface area (TPSA) is 51.8 Å². The minimum atomic E-state index is -0.259. The van der Waals surface area contributed by atoms with Crippen LogP contribution in [0.1, 0.15) is 5.69 Å². The Bertz CT molecular complexity index is 436. The Balaban J connectivity index is 2.33. The summed E-state index contributed by atoms with van der Waals surface area (Å²) in [4.78, 5) is 0. The first kappa shape index (κ1) is 9.73. The molecule has 0 unspecified atom stereocenters. The number of hydrogen-bond acceptors (Lipinski definition) is 3. The third-order valence-corrected chi connectivity index (χ3v) is 2.07. The minimum absolute atomic E-state index is 0.259. The lowest BCUT2D eigenvalue weighted by Crippen LogP contribution is -2.01. The lowest BCUT2D eigenvalue weighted by molar-refractivity contribution is 0.628. The van der Waals surface area contributed by atoms with E-state index in [2.05, 4.69) is 10.2 Å². The second kappa shape index (κ2) is 4.14. The first-order valence-electron chi connectivity index (χ1n) is 4.58. The van der Waals surface area contributed by atoms with Gasteiger partial charge in [0.05, 0.1) is 11.4 Å². The van der Waals surface area contributed by atoms with E-state index in [1.807, 2.05) is 12.1 Å². The molecule has 0 spiro atoms. The molecule has 0 fully saturated rings. The normalized spacial score (nSPS) is 10.3. The van der Waals surface area contributed by atoms with Crippen molar-refractivity contribution in [3.8, 4) is 11.3 Å². The van der Waals surface area contributed by atoms with Gasteiger partial charge in [-0.25, -0.2) is 4.39 Å². The van der Waals surface area contributed by atoms with Gasteiger partial charge < -0.3 is 5.73 Å². The highest BCUT2D eigenvalue weighted by molar-refractivity contribution is 5.58. The summed E-state index contributed by atoms with van der Waals surface area (Å²) in [5.74, 6) is -0.259. The fourth-order valence-corrected chi connectivity index (χ4v) is 1.24. The molecule has 1 aromatic carbocycles. The molecule has 2 aromatic rings. The average molecular weight is 203 g/mol. The number of rotatable bonds is 2. The van der Waals surface area contributed by atoms with Crippen LogP contribution in [0, 0.1) is 5.82 Å². The maximum absolute atomic E-state index is 12.7. The zero-order valence-corrected chi connectivity index (χ0v) is 8.02. The summed E-state index contributed by atoms with van der Waals surface area (Å²) in [7, 11) is 0. The highest BCUT2D eigenvalue weighted by Crippen LogP contribution is 2.16. The summed E-state index contributed by atoms with van der Waals surface area (Å²) in [6.07, 6.45) is 0. The maximum atomic E-state index is 12.7. The predicted octanol–water partition coefficient (Wildman–Crippen LogP) is 1.74. The molecule has 3 nitrogen and oxygen atoms in total. The van der Waals surface area contributed by atoms with E-state index in [1.54, 1.807) is 12.1 Å². The van der Waals surface area contributed by atoms with E-state index >= 15 is 0 Å². The number of aromatic nitrogens is 2. The Kier molecular flexibility index (Phi) is 2.69. The zero-order chi connectivity index (χ0) is 10.7. The molecule has 76 valence electrons. The summed E-state index contributed by atoms with van der Waals surface area (Å²) >= 11 is 0. The largest absolute Gasteiger partial charge is 0.325 e. The van der Waals surface area contributed by atoms with Gasteiger partial charge in [0.15, 0.2) is 0 Å². The van der Waals surface area contributed by atoms with E-state index in [0.29, 0.717) is 12.2 Å². The van der Waals surface area contributed by atoms with E-state index in [0.717, 1.165) is 11.3 Å². The highest BCUT2D eigenvalue weighted by atomic mass is 19.1. The van der Waals surface area contributed by atoms with Gasteiger partial charge in [0.25, 0.3) is 0 Å². The summed E-state index contributed by atoms with van der Waals surface area (Å²) in [6, 6.07) is 9.76. The van der Waals surface area contributed by atoms with Crippen molar-refractivity contribution in [3.05, 3.63) is 47.9 Å². The molecule has 0 radical (unpaired) electrons. The smallest absolute Gasteiger partial charge is 0.123 e. The maximum Gasteiger partial charge on any atom is 0.123 e. The van der Waals surface area contributed by atoms with Gasteiger partial charge in [-0.3, -0.25) is 0 Å². The third kappa shape index (κ3) is 2.16. The number of nitrogens with two attached hydrogens (primary N) is 1. The van der Waals surface area contributed by atoms with Crippen LogP contribution in [-0.2, 0) is 6.54 Å². The quantitative estimate of drug-likeness (QED) is 0.808. The Morgan fingerprint density at radius 3 is 2.27 bits per heavy atom. The molecular weight excluding hydrogens is 193 g/mol. The number of hydrogen-bond donors (Lipinski definition) is 1. The molecule has 4 heteroatoms. The van der Waals surface area contributed by atoms with Crippen LogP contribution in [0.4, 0.5) is 4.39 Å². The van der Waals surface area contributed by atoms with Crippen LogP contribution in [0.25, 0.3) is 11.3 Å². The van der Waals surface area contributed by atoms with Crippen molar-refractivity contribution in [2.45, 2.75) is 6.54 Å². The third-order valence-electron chi connectivity index (χ3n) is 2.07. The fraction of sp³-hybridized carbons (Fsp3) is 0.0909. The predicted molar refractivity (Wildman–Crippen MR) is 55.3 cm³/mol. The number of benzene rings is 1. The van der Waals surface area contributed by atoms with Crippen LogP contribution in [0.3, 0.4) is 0 Å². The van der Waals surface area contributed by atoms with Gasteiger partial charge in [-0.1, -0.05) is 0 Å². The molecule has 0 atom stereocenters. The van der Waals surface area contributed by atoms with E-state index in [9.17, 15) is 4.39 Å². The molecule has 0 aliphatic heterocycles. The van der Waals surface area contributed by atoms with Crippen molar-refractivity contribution in [3.63, 3.8) is 0 Å². The number of halogens is 1. The highest BCUT2D eigenvalue weighted by Gasteiger charge is 2.00. The van der Waals surface area contributed by atoms with Gasteiger partial charge in [-0.15, -0.1) is 0 Å². The molecule has 0 amide bonds. The molecule has 0 bridgehead atoms. The molecule has 2 N–H and O–H groups in total. The number of nitrogens with zero attached hydrogens (tertiary/aromatic N) is 2. The Morgan fingerprint density at radius 2 is 1.73 bits per heavy atom. The molecule has 15 heavy (non-hydrogen) atoms. The molecule has 0 saturated carbocycles. The van der Waals surface area contributed by atoms with Crippen molar-refractivity contribution < 1.29 is 4.39 Å². The van der Waals surface area contributed by atoms with Gasteiger partial charge in [-0.05, 0) is 36.4 Å². The van der Waals surface area contributed by atoms with Crippen molar-refractivity contribution in [1.82, 2.24) is 10.2 Å². The van der Waals surface area contributed by atoms with E-state index < -0.39 is 0 Å². The van der Waals surface area contributed by atoms with E-state index in [4.69, 9.17) is 5.73 Å². The van der Waals surface area contributed by atoms with Crippen LogP contribution in [0.5, 0.6) is 0 Å². The molecule has 1 heterocycles. The standard InChI is InChI=1S/C11H10FN3/c12-9-3-1-8(2-4-9)11-6-5-10(7-13)14-15-11/h1-6H,7,13H2. The van der Waals surface area contributed by atoms with Crippen LogP contribution in [0.2, 0.25) is 0 Å². The zero-order valence-electron chi connectivity index (χ0n) is 8.02. The summed E-state index contributed by atoms with van der Waals surface area (Å²) in [5, 5.41) is 7.92. The van der Waals surface area contributed by atoms with E-state index in [-0.39, 0.29) is 5.82 Å². The Labute approximate surface area is 86.8 Å². The minimum Gasteiger partial charge on any atom is -0.325 e. The van der Waals surface area contributed by atoms with Crippen LogP contribution in [0.15, 0.2) is 36.4 Å². The first-order chi connectivity index (χ1) is 7.29. The lowest BCUT2D eigenvalue weighted by Gasteiger charge is -2.00. The molecular formula is C11H10FN3. The van der Waals surface area contributed by atoms with Gasteiger partial charge in [-0.2, -0.15) is 10.2 Å². The van der Waals surface area contributed by atoms with Gasteiger partial charge in [0, 0.05) is 12.1 Å².